The fourth-order valence-electron chi connectivity index (χ4n) is 1.38. The lowest BCUT2D eigenvalue weighted by atomic mass is 10.1. The second-order valence-electron chi connectivity index (χ2n) is 3.82. The van der Waals surface area contributed by atoms with Gasteiger partial charge in [0.05, 0.1) is 13.2 Å². The van der Waals surface area contributed by atoms with E-state index in [4.69, 9.17) is 9.47 Å². The van der Waals surface area contributed by atoms with E-state index in [1.807, 2.05) is 0 Å². The Morgan fingerprint density at radius 2 is 2.05 bits per heavy atom. The Balaban J connectivity index is 2.66. The van der Waals surface area contributed by atoms with E-state index in [1.54, 1.807) is 0 Å². The third-order valence-corrected chi connectivity index (χ3v) is 2.47. The largest absolute Gasteiger partial charge is 0.493 e. The maximum Gasteiger partial charge on any atom is 0.201 e. The Kier molecular flexibility index (Phi) is 5.98. The third-order valence-electron chi connectivity index (χ3n) is 2.47. The molecule has 2 N–H and O–H groups in total. The average Bonchev–Trinajstić information content (AvgIpc) is 2.44. The van der Waals surface area contributed by atoms with Gasteiger partial charge in [-0.3, -0.25) is 9.59 Å². The topological polar surface area (TPSA) is 93.1 Å². The molecule has 103 valence electrons. The van der Waals surface area contributed by atoms with Crippen molar-refractivity contribution in [2.75, 3.05) is 13.7 Å². The van der Waals surface area contributed by atoms with Crippen molar-refractivity contribution in [3.05, 3.63) is 23.8 Å². The number of aldehydes is 1. The van der Waals surface area contributed by atoms with E-state index in [0.717, 1.165) is 0 Å². The highest BCUT2D eigenvalue weighted by molar-refractivity contribution is 5.76. The number of ether oxygens (including phenoxy) is 2. The van der Waals surface area contributed by atoms with Gasteiger partial charge in [0.1, 0.15) is 19.0 Å². The van der Waals surface area contributed by atoms with Crippen molar-refractivity contribution in [1.82, 2.24) is 0 Å². The maximum absolute atomic E-state index is 10.6. The predicted molar refractivity (Wildman–Crippen MR) is 66.2 cm³/mol. The number of hydrogen-bond acceptors (Lipinski definition) is 6. The van der Waals surface area contributed by atoms with E-state index in [9.17, 15) is 19.8 Å². The average molecular weight is 267 g/mol. The Labute approximate surface area is 110 Å². The molecular formula is C13H15O6. The van der Waals surface area contributed by atoms with Crippen LogP contribution in [0.2, 0.25) is 0 Å². The van der Waals surface area contributed by atoms with E-state index >= 15 is 0 Å². The van der Waals surface area contributed by atoms with E-state index in [2.05, 4.69) is 0 Å². The lowest BCUT2D eigenvalue weighted by molar-refractivity contribution is -0.00426. The van der Waals surface area contributed by atoms with E-state index in [0.29, 0.717) is 23.3 Å². The molecule has 0 aliphatic rings. The molecule has 0 aromatic heterocycles. The zero-order chi connectivity index (χ0) is 14.3. The third kappa shape index (κ3) is 4.35. The molecule has 0 bridgehead atoms. The van der Waals surface area contributed by atoms with Crippen LogP contribution in [-0.2, 0) is 4.79 Å². The van der Waals surface area contributed by atoms with E-state index in [1.165, 1.54) is 31.6 Å². The number of rotatable bonds is 8. The molecule has 6 heteroatoms. The number of aliphatic hydroxyl groups is 2. The van der Waals surface area contributed by atoms with Crippen LogP contribution >= 0.6 is 0 Å². The Morgan fingerprint density at radius 3 is 2.63 bits per heavy atom. The summed E-state index contributed by atoms with van der Waals surface area (Å²) in [7, 11) is 1.42. The molecule has 0 saturated heterocycles. The Hall–Kier alpha value is -1.92. The molecule has 2 atom stereocenters. The van der Waals surface area contributed by atoms with Gasteiger partial charge in [0.15, 0.2) is 11.5 Å². The Morgan fingerprint density at radius 1 is 1.32 bits per heavy atom. The van der Waals surface area contributed by atoms with Gasteiger partial charge >= 0.3 is 0 Å². The van der Waals surface area contributed by atoms with Crippen LogP contribution in [0.25, 0.3) is 0 Å². The summed E-state index contributed by atoms with van der Waals surface area (Å²) in [6.45, 7) is -0.209. The van der Waals surface area contributed by atoms with Crippen molar-refractivity contribution >= 4 is 12.6 Å². The van der Waals surface area contributed by atoms with E-state index < -0.39 is 12.2 Å². The van der Waals surface area contributed by atoms with Gasteiger partial charge in [0.25, 0.3) is 0 Å². The van der Waals surface area contributed by atoms with Gasteiger partial charge in [-0.25, -0.2) is 0 Å². The van der Waals surface area contributed by atoms with Crippen LogP contribution in [-0.4, -0.2) is 48.7 Å². The number of benzene rings is 1. The molecule has 1 rings (SSSR count). The minimum atomic E-state index is -1.22. The smallest absolute Gasteiger partial charge is 0.201 e. The summed E-state index contributed by atoms with van der Waals surface area (Å²) in [6.07, 6.45) is -0.545. The fourth-order valence-corrected chi connectivity index (χ4v) is 1.38. The number of aliphatic hydroxyl groups excluding tert-OH is 2. The fraction of sp³-hybridized carbons (Fsp3) is 0.385. The summed E-state index contributed by atoms with van der Waals surface area (Å²) in [5.41, 5.74) is 0.431. The van der Waals surface area contributed by atoms with Crippen LogP contribution < -0.4 is 9.47 Å². The molecule has 1 aromatic carbocycles. The molecular weight excluding hydrogens is 252 g/mol. The summed E-state index contributed by atoms with van der Waals surface area (Å²) in [5, 5.41) is 18.9. The van der Waals surface area contributed by atoms with Gasteiger partial charge < -0.3 is 19.7 Å². The molecule has 0 amide bonds. The van der Waals surface area contributed by atoms with Crippen LogP contribution in [0.4, 0.5) is 0 Å². The molecule has 0 aliphatic carbocycles. The van der Waals surface area contributed by atoms with Crippen LogP contribution in [0.3, 0.4) is 0 Å². The van der Waals surface area contributed by atoms with Crippen LogP contribution in [0, 0.1) is 0 Å². The minimum Gasteiger partial charge on any atom is -0.493 e. The molecule has 0 fully saturated rings. The molecule has 1 aromatic rings. The van der Waals surface area contributed by atoms with Crippen LogP contribution in [0.1, 0.15) is 16.8 Å². The monoisotopic (exact) mass is 267 g/mol. The predicted octanol–water partition coefficient (Wildman–Crippen LogP) is 0.108. The minimum absolute atomic E-state index is 0.209. The molecule has 1 radical (unpaired) electrons. The van der Waals surface area contributed by atoms with E-state index in [-0.39, 0.29) is 13.0 Å². The highest BCUT2D eigenvalue weighted by Crippen LogP contribution is 2.27. The quantitative estimate of drug-likeness (QED) is 0.649. The summed E-state index contributed by atoms with van der Waals surface area (Å²) in [6, 6.07) is 4.55. The van der Waals surface area contributed by atoms with Gasteiger partial charge in [0.2, 0.25) is 6.29 Å². The molecule has 0 spiro atoms. The second-order valence-corrected chi connectivity index (χ2v) is 3.82. The Bertz CT molecular complexity index is 431. The van der Waals surface area contributed by atoms with Crippen molar-refractivity contribution in [1.29, 1.82) is 0 Å². The van der Waals surface area contributed by atoms with Gasteiger partial charge in [-0.2, -0.15) is 0 Å². The zero-order valence-corrected chi connectivity index (χ0v) is 10.4. The van der Waals surface area contributed by atoms with Crippen molar-refractivity contribution in [3.63, 3.8) is 0 Å². The van der Waals surface area contributed by atoms with Crippen molar-refractivity contribution in [2.24, 2.45) is 0 Å². The van der Waals surface area contributed by atoms with Gasteiger partial charge in [-0.1, -0.05) is 0 Å². The summed E-state index contributed by atoms with van der Waals surface area (Å²) in [4.78, 5) is 20.7. The number of hydrogen-bond donors (Lipinski definition) is 2. The molecule has 19 heavy (non-hydrogen) atoms. The van der Waals surface area contributed by atoms with Gasteiger partial charge in [0, 0.05) is 12.0 Å². The van der Waals surface area contributed by atoms with Crippen molar-refractivity contribution < 1.29 is 29.3 Å². The van der Waals surface area contributed by atoms with Gasteiger partial charge in [-0.15, -0.1) is 0 Å². The van der Waals surface area contributed by atoms with Gasteiger partial charge in [-0.05, 0) is 18.2 Å². The van der Waals surface area contributed by atoms with Crippen LogP contribution in [0.5, 0.6) is 11.5 Å². The highest BCUT2D eigenvalue weighted by atomic mass is 16.5. The molecule has 6 nitrogen and oxygen atoms in total. The van der Waals surface area contributed by atoms with Crippen molar-refractivity contribution in [2.45, 2.75) is 18.6 Å². The first-order chi connectivity index (χ1) is 9.12. The molecule has 0 heterocycles. The van der Waals surface area contributed by atoms with Crippen LogP contribution in [0.15, 0.2) is 18.2 Å². The summed E-state index contributed by atoms with van der Waals surface area (Å²) >= 11 is 0. The SMILES string of the molecule is COc1cc(C=O)ccc1OCC(O)C(O)C[C]=O. The summed E-state index contributed by atoms with van der Waals surface area (Å²) < 4.78 is 10.3. The second kappa shape index (κ2) is 7.50. The number of methoxy groups -OCH3 is 1. The number of carbonyl (C=O) groups excluding carboxylic acids is 2. The molecule has 0 aliphatic heterocycles. The molecule has 0 saturated carbocycles. The lowest BCUT2D eigenvalue weighted by Crippen LogP contribution is -2.32. The highest BCUT2D eigenvalue weighted by Gasteiger charge is 2.17. The first-order valence-electron chi connectivity index (χ1n) is 5.59. The first kappa shape index (κ1) is 15.1. The standard InChI is InChI=1S/C13H15O6/c1-18-13-6-9(7-15)2-3-12(13)19-8-11(17)10(16)4-5-14/h2-3,6-7,10-11,16-17H,4,8H2,1H3. The molecule has 2 unspecified atom stereocenters. The lowest BCUT2D eigenvalue weighted by Gasteiger charge is -2.17. The maximum atomic E-state index is 10.6. The zero-order valence-electron chi connectivity index (χ0n) is 10.4. The van der Waals surface area contributed by atoms with Crippen molar-refractivity contribution in [3.8, 4) is 11.5 Å². The first-order valence-corrected chi connectivity index (χ1v) is 5.59. The normalized spacial score (nSPS) is 13.4. The summed E-state index contributed by atoms with van der Waals surface area (Å²) in [5.74, 6) is 0.669. The number of carbonyl (C=O) groups is 1.